The molecule has 2 N–H and O–H groups in total. The van der Waals surface area contributed by atoms with Crippen LogP contribution in [0.4, 0.5) is 5.69 Å². The van der Waals surface area contributed by atoms with Crippen molar-refractivity contribution in [1.82, 2.24) is 5.32 Å². The molecule has 1 unspecified atom stereocenters. The molecule has 1 aromatic carbocycles. The van der Waals surface area contributed by atoms with E-state index in [1.807, 2.05) is 0 Å². The van der Waals surface area contributed by atoms with Crippen LogP contribution in [0.15, 0.2) is 24.3 Å². The molecule has 0 aromatic heterocycles. The van der Waals surface area contributed by atoms with Crippen molar-refractivity contribution in [3.8, 4) is 0 Å². The average molecular weight is 204 g/mol. The molecule has 0 saturated carbocycles. The Morgan fingerprint density at radius 3 is 3.00 bits per heavy atom. The van der Waals surface area contributed by atoms with Gasteiger partial charge in [-0.15, -0.1) is 0 Å². The Labute approximate surface area is 92.1 Å². The summed E-state index contributed by atoms with van der Waals surface area (Å²) in [4.78, 5) is 0. The molecular weight excluding hydrogens is 184 g/mol. The van der Waals surface area contributed by atoms with Crippen LogP contribution in [-0.2, 0) is 6.42 Å². The molecule has 1 aliphatic rings. The molecule has 0 aliphatic carbocycles. The Hall–Kier alpha value is -1.02. The Kier molecular flexibility index (Phi) is 3.62. The maximum atomic E-state index is 3.57. The molecule has 0 radical (unpaired) electrons. The lowest BCUT2D eigenvalue weighted by molar-refractivity contribution is 0.615. The minimum absolute atomic E-state index is 0.801. The van der Waals surface area contributed by atoms with E-state index in [1.165, 1.54) is 30.8 Å². The monoisotopic (exact) mass is 204 g/mol. The van der Waals surface area contributed by atoms with Crippen molar-refractivity contribution in [3.05, 3.63) is 29.8 Å². The van der Waals surface area contributed by atoms with Gasteiger partial charge in [-0.1, -0.05) is 25.1 Å². The van der Waals surface area contributed by atoms with Gasteiger partial charge in [-0.25, -0.2) is 0 Å². The zero-order chi connectivity index (χ0) is 10.5. The third kappa shape index (κ3) is 2.72. The van der Waals surface area contributed by atoms with E-state index in [1.54, 1.807) is 0 Å². The third-order valence-corrected chi connectivity index (χ3v) is 3.14. The van der Waals surface area contributed by atoms with Crippen LogP contribution in [0.5, 0.6) is 0 Å². The highest BCUT2D eigenvalue weighted by Gasteiger charge is 2.13. The van der Waals surface area contributed by atoms with E-state index in [2.05, 4.69) is 41.8 Å². The first kappa shape index (κ1) is 10.5. The third-order valence-electron chi connectivity index (χ3n) is 3.14. The van der Waals surface area contributed by atoms with Crippen LogP contribution in [-0.4, -0.2) is 19.6 Å². The largest absolute Gasteiger partial charge is 0.384 e. The van der Waals surface area contributed by atoms with Crippen LogP contribution in [0.2, 0.25) is 0 Å². The van der Waals surface area contributed by atoms with Crippen molar-refractivity contribution in [1.29, 1.82) is 0 Å². The Morgan fingerprint density at radius 1 is 1.40 bits per heavy atom. The first-order valence-electron chi connectivity index (χ1n) is 5.92. The lowest BCUT2D eigenvalue weighted by Gasteiger charge is -2.14. The van der Waals surface area contributed by atoms with Gasteiger partial charge in [0.05, 0.1) is 0 Å². The summed E-state index contributed by atoms with van der Waals surface area (Å²) >= 11 is 0. The molecule has 2 heteroatoms. The van der Waals surface area contributed by atoms with Gasteiger partial charge < -0.3 is 10.6 Å². The van der Waals surface area contributed by atoms with E-state index in [9.17, 15) is 0 Å². The molecule has 1 aromatic rings. The zero-order valence-corrected chi connectivity index (χ0v) is 9.42. The molecule has 1 heterocycles. The molecule has 82 valence electrons. The summed E-state index contributed by atoms with van der Waals surface area (Å²) < 4.78 is 0. The van der Waals surface area contributed by atoms with Crippen molar-refractivity contribution in [2.75, 3.05) is 25.0 Å². The van der Waals surface area contributed by atoms with Gasteiger partial charge in [-0.2, -0.15) is 0 Å². The Morgan fingerprint density at radius 2 is 2.27 bits per heavy atom. The summed E-state index contributed by atoms with van der Waals surface area (Å²) in [6.45, 7) is 5.66. The van der Waals surface area contributed by atoms with E-state index < -0.39 is 0 Å². The minimum atomic E-state index is 0.801. The van der Waals surface area contributed by atoms with Crippen LogP contribution in [0, 0.1) is 5.92 Å². The molecule has 1 aliphatic heterocycles. The van der Waals surface area contributed by atoms with Crippen molar-refractivity contribution in [3.63, 3.8) is 0 Å². The molecule has 2 nitrogen and oxygen atoms in total. The number of benzene rings is 1. The Balaban J connectivity index is 1.91. The topological polar surface area (TPSA) is 24.1 Å². The predicted molar refractivity (Wildman–Crippen MR) is 65.3 cm³/mol. The molecule has 0 spiro atoms. The van der Waals surface area contributed by atoms with Crippen LogP contribution < -0.4 is 10.6 Å². The average Bonchev–Trinajstić information content (AvgIpc) is 2.79. The predicted octanol–water partition coefficient (Wildman–Crippen LogP) is 2.27. The number of anilines is 1. The first-order valence-corrected chi connectivity index (χ1v) is 5.92. The van der Waals surface area contributed by atoms with Gasteiger partial charge in [-0.05, 0) is 43.5 Å². The normalized spacial score (nSPS) is 20.5. The zero-order valence-electron chi connectivity index (χ0n) is 9.42. The second kappa shape index (κ2) is 5.17. The Bertz CT molecular complexity index is 303. The molecule has 2 rings (SSSR count). The van der Waals surface area contributed by atoms with Gasteiger partial charge in [0, 0.05) is 12.2 Å². The maximum absolute atomic E-state index is 3.57. The first-order chi connectivity index (χ1) is 7.40. The van der Waals surface area contributed by atoms with Gasteiger partial charge in [0.15, 0.2) is 0 Å². The van der Waals surface area contributed by atoms with Crippen molar-refractivity contribution >= 4 is 5.69 Å². The summed E-state index contributed by atoms with van der Waals surface area (Å²) in [6, 6.07) is 8.60. The number of rotatable bonds is 4. The number of aryl methyl sites for hydroxylation is 1. The quantitative estimate of drug-likeness (QED) is 0.786. The fourth-order valence-corrected chi connectivity index (χ4v) is 2.14. The number of hydrogen-bond acceptors (Lipinski definition) is 2. The van der Waals surface area contributed by atoms with Gasteiger partial charge in [0.1, 0.15) is 0 Å². The van der Waals surface area contributed by atoms with Crippen LogP contribution >= 0.6 is 0 Å². The standard InChI is InChI=1S/C13H20N2/c1-2-12-5-3-4-6-13(12)15-10-11-7-8-14-9-11/h3-6,11,14-15H,2,7-10H2,1H3. The summed E-state index contributed by atoms with van der Waals surface area (Å²) in [5.74, 6) is 0.801. The highest BCUT2D eigenvalue weighted by Crippen LogP contribution is 2.17. The van der Waals surface area contributed by atoms with Gasteiger partial charge >= 0.3 is 0 Å². The number of nitrogens with one attached hydrogen (secondary N) is 2. The highest BCUT2D eigenvalue weighted by atomic mass is 14.9. The molecule has 1 fully saturated rings. The number of para-hydroxylation sites is 1. The SMILES string of the molecule is CCc1ccccc1NCC1CCNC1. The highest BCUT2D eigenvalue weighted by molar-refractivity contribution is 5.51. The van der Waals surface area contributed by atoms with Gasteiger partial charge in [0.2, 0.25) is 0 Å². The number of hydrogen-bond donors (Lipinski definition) is 2. The fraction of sp³-hybridized carbons (Fsp3) is 0.538. The van der Waals surface area contributed by atoms with Gasteiger partial charge in [0.25, 0.3) is 0 Å². The van der Waals surface area contributed by atoms with Crippen molar-refractivity contribution in [2.24, 2.45) is 5.92 Å². The van der Waals surface area contributed by atoms with E-state index in [-0.39, 0.29) is 0 Å². The maximum Gasteiger partial charge on any atom is 0.0372 e. The minimum Gasteiger partial charge on any atom is -0.384 e. The second-order valence-electron chi connectivity index (χ2n) is 4.25. The van der Waals surface area contributed by atoms with Crippen molar-refractivity contribution < 1.29 is 0 Å². The van der Waals surface area contributed by atoms with E-state index in [4.69, 9.17) is 0 Å². The fourth-order valence-electron chi connectivity index (χ4n) is 2.14. The van der Waals surface area contributed by atoms with E-state index >= 15 is 0 Å². The van der Waals surface area contributed by atoms with E-state index in [0.717, 1.165) is 18.9 Å². The lowest BCUT2D eigenvalue weighted by atomic mass is 10.1. The summed E-state index contributed by atoms with van der Waals surface area (Å²) in [7, 11) is 0. The molecule has 1 saturated heterocycles. The molecule has 0 amide bonds. The second-order valence-corrected chi connectivity index (χ2v) is 4.25. The molecule has 15 heavy (non-hydrogen) atoms. The summed E-state index contributed by atoms with van der Waals surface area (Å²) in [5.41, 5.74) is 2.73. The summed E-state index contributed by atoms with van der Waals surface area (Å²) in [6.07, 6.45) is 2.41. The molecule has 1 atom stereocenters. The van der Waals surface area contributed by atoms with E-state index in [0.29, 0.717) is 0 Å². The van der Waals surface area contributed by atoms with Crippen molar-refractivity contribution in [2.45, 2.75) is 19.8 Å². The lowest BCUT2D eigenvalue weighted by Crippen LogP contribution is -2.17. The van der Waals surface area contributed by atoms with Crippen LogP contribution in [0.3, 0.4) is 0 Å². The summed E-state index contributed by atoms with van der Waals surface area (Å²) in [5, 5.41) is 6.96. The van der Waals surface area contributed by atoms with Crippen LogP contribution in [0.1, 0.15) is 18.9 Å². The smallest absolute Gasteiger partial charge is 0.0372 e. The molecule has 0 bridgehead atoms. The van der Waals surface area contributed by atoms with Gasteiger partial charge in [-0.3, -0.25) is 0 Å². The molecular formula is C13H20N2. The van der Waals surface area contributed by atoms with Crippen LogP contribution in [0.25, 0.3) is 0 Å².